The van der Waals surface area contributed by atoms with E-state index >= 15 is 0 Å². The monoisotopic (exact) mass is 481 g/mol. The molecule has 1 amide bonds. The van der Waals surface area contributed by atoms with Crippen molar-refractivity contribution in [2.24, 2.45) is 0 Å². The van der Waals surface area contributed by atoms with Gasteiger partial charge in [-0.15, -0.1) is 0 Å². The van der Waals surface area contributed by atoms with Crippen LogP contribution in [-0.4, -0.2) is 75.2 Å². The van der Waals surface area contributed by atoms with E-state index in [9.17, 15) is 13.2 Å². The lowest BCUT2D eigenvalue weighted by Gasteiger charge is -2.35. The first-order chi connectivity index (χ1) is 15.5. The summed E-state index contributed by atoms with van der Waals surface area (Å²) in [5, 5.41) is 3.45. The minimum Gasteiger partial charge on any atom is -0.444 e. The van der Waals surface area contributed by atoms with Gasteiger partial charge in [0.2, 0.25) is 10.0 Å². The van der Waals surface area contributed by atoms with Crippen molar-refractivity contribution in [2.45, 2.75) is 69.4 Å². The first kappa shape index (κ1) is 25.6. The number of ether oxygens (including phenoxy) is 1. The Bertz CT molecular complexity index is 902. The Labute approximate surface area is 198 Å². The second-order valence-electron chi connectivity index (χ2n) is 9.94. The number of hydrogen-bond donors (Lipinski definition) is 3. The summed E-state index contributed by atoms with van der Waals surface area (Å²) in [5.41, 5.74) is 6.88. The third-order valence-corrected chi connectivity index (χ3v) is 7.50. The van der Waals surface area contributed by atoms with Gasteiger partial charge in [-0.05, 0) is 51.8 Å². The van der Waals surface area contributed by atoms with Gasteiger partial charge in [0.15, 0.2) is 0 Å². The van der Waals surface area contributed by atoms with Crippen LogP contribution in [0.3, 0.4) is 0 Å². The molecule has 9 nitrogen and oxygen atoms in total. The molecule has 4 N–H and O–H groups in total. The van der Waals surface area contributed by atoms with Gasteiger partial charge in [-0.1, -0.05) is 19.3 Å². The fourth-order valence-electron chi connectivity index (χ4n) is 4.21. The summed E-state index contributed by atoms with van der Waals surface area (Å²) < 4.78 is 33.5. The lowest BCUT2D eigenvalue weighted by Crippen LogP contribution is -2.51. The Kier molecular flexibility index (Phi) is 8.47. The van der Waals surface area contributed by atoms with Crippen LogP contribution in [0.4, 0.5) is 16.2 Å². The highest BCUT2D eigenvalue weighted by Gasteiger charge is 2.26. The van der Waals surface area contributed by atoms with Crippen molar-refractivity contribution in [3.8, 4) is 0 Å². The average molecular weight is 482 g/mol. The van der Waals surface area contributed by atoms with Crippen molar-refractivity contribution in [1.29, 1.82) is 0 Å². The Balaban J connectivity index is 1.45. The largest absolute Gasteiger partial charge is 0.444 e. The van der Waals surface area contributed by atoms with Gasteiger partial charge < -0.3 is 20.7 Å². The van der Waals surface area contributed by atoms with E-state index in [1.165, 1.54) is 25.3 Å². The number of nitrogens with two attached hydrogens (primary N) is 1. The molecule has 1 aromatic carbocycles. The van der Waals surface area contributed by atoms with Crippen molar-refractivity contribution in [1.82, 2.24) is 14.5 Å². The Morgan fingerprint density at radius 3 is 2.39 bits per heavy atom. The molecule has 0 spiro atoms. The smallest absolute Gasteiger partial charge is 0.410 e. The zero-order chi connectivity index (χ0) is 24.1. The standard InChI is InChI=1S/C23H39N5O4S/c1-23(2,3)32-22(29)28-15-13-27(14-16-28)12-11-25-33(30,31)19-9-10-21(20(24)17-19)26-18-7-5-4-6-8-18/h9-10,17-18,25-26H,4-8,11-16,24H2,1-3H3. The Hall–Kier alpha value is -2.04. The van der Waals surface area contributed by atoms with Crippen molar-refractivity contribution in [3.05, 3.63) is 18.2 Å². The predicted octanol–water partition coefficient (Wildman–Crippen LogP) is 2.84. The van der Waals surface area contributed by atoms with Crippen molar-refractivity contribution in [2.75, 3.05) is 50.3 Å². The fourth-order valence-corrected chi connectivity index (χ4v) is 5.26. The van der Waals surface area contributed by atoms with Crippen LogP contribution in [0, 0.1) is 0 Å². The summed E-state index contributed by atoms with van der Waals surface area (Å²) >= 11 is 0. The van der Waals surface area contributed by atoms with E-state index in [0.717, 1.165) is 18.5 Å². The van der Waals surface area contributed by atoms with E-state index < -0.39 is 15.6 Å². The molecule has 1 aliphatic heterocycles. The molecule has 10 heteroatoms. The zero-order valence-electron chi connectivity index (χ0n) is 20.1. The number of benzene rings is 1. The van der Waals surface area contributed by atoms with Gasteiger partial charge in [0.1, 0.15) is 5.60 Å². The maximum atomic E-state index is 12.7. The van der Waals surface area contributed by atoms with E-state index in [4.69, 9.17) is 10.5 Å². The van der Waals surface area contributed by atoms with E-state index in [2.05, 4.69) is 14.9 Å². The average Bonchev–Trinajstić information content (AvgIpc) is 2.75. The number of nitrogens with zero attached hydrogens (tertiary/aromatic N) is 2. The normalized spacial score (nSPS) is 18.8. The second-order valence-corrected chi connectivity index (χ2v) is 11.7. The summed E-state index contributed by atoms with van der Waals surface area (Å²) in [6.45, 7) is 8.88. The molecule has 0 unspecified atom stereocenters. The summed E-state index contributed by atoms with van der Waals surface area (Å²) in [6, 6.07) is 5.28. The number of amides is 1. The number of nitrogen functional groups attached to an aromatic ring is 1. The first-order valence-corrected chi connectivity index (χ1v) is 13.4. The van der Waals surface area contributed by atoms with E-state index in [1.54, 1.807) is 17.0 Å². The molecule has 186 valence electrons. The first-order valence-electron chi connectivity index (χ1n) is 11.9. The zero-order valence-corrected chi connectivity index (χ0v) is 20.9. The summed E-state index contributed by atoms with van der Waals surface area (Å²) in [6.07, 6.45) is 5.63. The Morgan fingerprint density at radius 2 is 1.79 bits per heavy atom. The number of piperazine rings is 1. The van der Waals surface area contributed by atoms with Crippen molar-refractivity contribution in [3.63, 3.8) is 0 Å². The van der Waals surface area contributed by atoms with Gasteiger partial charge >= 0.3 is 6.09 Å². The van der Waals surface area contributed by atoms with Crippen LogP contribution in [0.2, 0.25) is 0 Å². The molecule has 2 aliphatic rings. The fraction of sp³-hybridized carbons (Fsp3) is 0.696. The predicted molar refractivity (Wildman–Crippen MR) is 131 cm³/mol. The molecule has 0 radical (unpaired) electrons. The molecule has 0 atom stereocenters. The molecule has 0 aromatic heterocycles. The second kappa shape index (κ2) is 10.9. The third kappa shape index (κ3) is 7.75. The van der Waals surface area contributed by atoms with Gasteiger partial charge in [0.05, 0.1) is 16.3 Å². The highest BCUT2D eigenvalue weighted by molar-refractivity contribution is 7.89. The van der Waals surface area contributed by atoms with E-state index in [-0.39, 0.29) is 17.5 Å². The molecular weight excluding hydrogens is 442 g/mol. The topological polar surface area (TPSA) is 117 Å². The molecule has 1 aliphatic carbocycles. The van der Waals surface area contributed by atoms with Gasteiger partial charge in [-0.2, -0.15) is 0 Å². The molecule has 3 rings (SSSR count). The van der Waals surface area contributed by atoms with Crippen LogP contribution in [0.1, 0.15) is 52.9 Å². The van der Waals surface area contributed by atoms with Crippen LogP contribution in [0.5, 0.6) is 0 Å². The maximum absolute atomic E-state index is 12.7. The van der Waals surface area contributed by atoms with Gasteiger partial charge in [0, 0.05) is 45.3 Å². The van der Waals surface area contributed by atoms with Crippen LogP contribution in [0.15, 0.2) is 23.1 Å². The summed E-state index contributed by atoms with van der Waals surface area (Å²) in [5.74, 6) is 0. The number of rotatable bonds is 7. The number of sulfonamides is 1. The van der Waals surface area contributed by atoms with Crippen LogP contribution < -0.4 is 15.8 Å². The summed E-state index contributed by atoms with van der Waals surface area (Å²) in [4.78, 5) is 16.2. The van der Waals surface area contributed by atoms with E-state index in [1.807, 2.05) is 20.8 Å². The summed E-state index contributed by atoms with van der Waals surface area (Å²) in [7, 11) is -3.65. The lowest BCUT2D eigenvalue weighted by atomic mass is 9.95. The van der Waals surface area contributed by atoms with Crippen LogP contribution in [-0.2, 0) is 14.8 Å². The molecule has 1 heterocycles. The SMILES string of the molecule is CC(C)(C)OC(=O)N1CCN(CCNS(=O)(=O)c2ccc(NC3CCCCC3)c(N)c2)CC1. The number of anilines is 2. The number of hydrogen-bond acceptors (Lipinski definition) is 7. The molecular formula is C23H39N5O4S. The third-order valence-electron chi connectivity index (χ3n) is 6.04. The molecule has 0 bridgehead atoms. The number of carbonyl (C=O) groups excluding carboxylic acids is 1. The van der Waals surface area contributed by atoms with Crippen molar-refractivity contribution < 1.29 is 17.9 Å². The maximum Gasteiger partial charge on any atom is 0.410 e. The Morgan fingerprint density at radius 1 is 1.12 bits per heavy atom. The van der Waals surface area contributed by atoms with Gasteiger partial charge in [0.25, 0.3) is 0 Å². The number of nitrogens with one attached hydrogen (secondary N) is 2. The highest BCUT2D eigenvalue weighted by atomic mass is 32.2. The van der Waals surface area contributed by atoms with E-state index in [0.29, 0.717) is 44.5 Å². The van der Waals surface area contributed by atoms with Gasteiger partial charge in [-0.3, -0.25) is 4.90 Å². The lowest BCUT2D eigenvalue weighted by molar-refractivity contribution is 0.0147. The molecule has 1 saturated heterocycles. The molecule has 2 fully saturated rings. The van der Waals surface area contributed by atoms with Crippen LogP contribution in [0.25, 0.3) is 0 Å². The van der Waals surface area contributed by atoms with Crippen molar-refractivity contribution >= 4 is 27.5 Å². The van der Waals surface area contributed by atoms with Gasteiger partial charge in [-0.25, -0.2) is 17.9 Å². The minimum atomic E-state index is -3.65. The number of carbonyl (C=O) groups is 1. The molecule has 1 saturated carbocycles. The highest BCUT2D eigenvalue weighted by Crippen LogP contribution is 2.27. The quantitative estimate of drug-likeness (QED) is 0.513. The minimum absolute atomic E-state index is 0.170. The molecule has 33 heavy (non-hydrogen) atoms. The molecule has 1 aromatic rings. The van der Waals surface area contributed by atoms with Crippen LogP contribution >= 0.6 is 0 Å².